The summed E-state index contributed by atoms with van der Waals surface area (Å²) in [7, 11) is -1.40. The number of carbonyl (C=O) groups is 2. The molecule has 8 nitrogen and oxygen atoms in total. The fourth-order valence-electron chi connectivity index (χ4n) is 3.61. The lowest BCUT2D eigenvalue weighted by molar-refractivity contribution is -0.119. The normalized spacial score (nSPS) is 15.4. The minimum Gasteiger partial charge on any atom is -0.450 e. The first-order chi connectivity index (χ1) is 15.4. The zero-order valence-electron chi connectivity index (χ0n) is 18.9. The second kappa shape index (κ2) is 11.3. The number of nitrogens with zero attached hydrogens (tertiary/aromatic N) is 2. The Morgan fingerprint density at radius 3 is 2.53 bits per heavy atom. The molecule has 32 heavy (non-hydrogen) atoms. The third kappa shape index (κ3) is 6.41. The predicted octanol–water partition coefficient (Wildman–Crippen LogP) is 3.20. The van der Waals surface area contributed by atoms with Crippen LogP contribution in [0.3, 0.4) is 0 Å². The highest BCUT2D eigenvalue weighted by Gasteiger charge is 2.25. The van der Waals surface area contributed by atoms with Gasteiger partial charge in [-0.25, -0.2) is 9.78 Å². The predicted molar refractivity (Wildman–Crippen MR) is 123 cm³/mol. The van der Waals surface area contributed by atoms with E-state index in [1.54, 1.807) is 18.7 Å². The molecular formula is C23H31N3O5S. The Hall–Kier alpha value is -2.68. The summed E-state index contributed by atoms with van der Waals surface area (Å²) in [5.41, 5.74) is 2.71. The molecule has 0 radical (unpaired) electrons. The van der Waals surface area contributed by atoms with Crippen LogP contribution < -0.4 is 5.32 Å². The average Bonchev–Trinajstić information content (AvgIpc) is 3.14. The molecule has 1 saturated heterocycles. The standard InChI is InChI=1S/C23H31N3O5S/c1-4-17-6-8-18(9-7-17)22-25-20(16(3)31-22)14-32(29)15-21(27)24-19-10-12-26(13-11-19)23(28)30-5-2/h6-9,19H,4-5,10-15H2,1-3H3,(H,24,27)/t32-/m1/s1. The average molecular weight is 462 g/mol. The van der Waals surface area contributed by atoms with Crippen LogP contribution in [0.2, 0.25) is 0 Å². The maximum Gasteiger partial charge on any atom is 0.409 e. The molecule has 9 heteroatoms. The number of aryl methyl sites for hydroxylation is 2. The molecule has 0 bridgehead atoms. The van der Waals surface area contributed by atoms with Crippen LogP contribution in [0.4, 0.5) is 4.79 Å². The van der Waals surface area contributed by atoms with E-state index >= 15 is 0 Å². The number of carbonyl (C=O) groups excluding carboxylic acids is 2. The van der Waals surface area contributed by atoms with Crippen LogP contribution in [0.15, 0.2) is 28.7 Å². The summed E-state index contributed by atoms with van der Waals surface area (Å²) < 4.78 is 23.3. The number of rotatable bonds is 8. The molecule has 1 aliphatic heterocycles. The van der Waals surface area contributed by atoms with Crippen LogP contribution >= 0.6 is 0 Å². The Labute approximate surface area is 191 Å². The van der Waals surface area contributed by atoms with Crippen molar-refractivity contribution in [2.75, 3.05) is 25.4 Å². The zero-order chi connectivity index (χ0) is 23.1. The van der Waals surface area contributed by atoms with Crippen molar-refractivity contribution in [3.63, 3.8) is 0 Å². The molecule has 0 aliphatic carbocycles. The largest absolute Gasteiger partial charge is 0.450 e. The SMILES string of the molecule is CCOC(=O)N1CCC(NC(=O)C[S@](=O)Cc2nc(-c3ccc(CC)cc3)oc2C)CC1. The summed E-state index contributed by atoms with van der Waals surface area (Å²) in [4.78, 5) is 30.2. The third-order valence-electron chi connectivity index (χ3n) is 5.48. The van der Waals surface area contributed by atoms with Gasteiger partial charge in [0.2, 0.25) is 11.8 Å². The molecule has 1 aromatic heterocycles. The topological polar surface area (TPSA) is 102 Å². The van der Waals surface area contributed by atoms with Gasteiger partial charge in [-0.3, -0.25) is 9.00 Å². The number of hydrogen-bond donors (Lipinski definition) is 1. The van der Waals surface area contributed by atoms with Gasteiger partial charge >= 0.3 is 6.09 Å². The number of hydrogen-bond acceptors (Lipinski definition) is 6. The van der Waals surface area contributed by atoms with Crippen molar-refractivity contribution < 1.29 is 23.0 Å². The fourth-order valence-corrected chi connectivity index (χ4v) is 4.66. The van der Waals surface area contributed by atoms with Crippen LogP contribution in [-0.2, 0) is 32.5 Å². The minimum absolute atomic E-state index is 0.0309. The van der Waals surface area contributed by atoms with Gasteiger partial charge in [-0.1, -0.05) is 19.1 Å². The van der Waals surface area contributed by atoms with Gasteiger partial charge < -0.3 is 19.4 Å². The van der Waals surface area contributed by atoms with E-state index in [4.69, 9.17) is 9.15 Å². The first kappa shape index (κ1) is 24.0. The minimum atomic E-state index is -1.40. The van der Waals surface area contributed by atoms with E-state index in [1.165, 1.54) is 5.56 Å². The van der Waals surface area contributed by atoms with Gasteiger partial charge in [-0.15, -0.1) is 0 Å². The second-order valence-corrected chi connectivity index (χ2v) is 9.29. The van der Waals surface area contributed by atoms with Crippen LogP contribution in [0.5, 0.6) is 0 Å². The Kier molecular flexibility index (Phi) is 8.44. The van der Waals surface area contributed by atoms with E-state index in [1.807, 2.05) is 24.3 Å². The highest BCUT2D eigenvalue weighted by Crippen LogP contribution is 2.23. The van der Waals surface area contributed by atoms with Gasteiger partial charge in [-0.2, -0.15) is 0 Å². The van der Waals surface area contributed by atoms with Gasteiger partial charge in [0.05, 0.1) is 18.1 Å². The number of piperidine rings is 1. The molecule has 1 aliphatic rings. The molecule has 3 rings (SSSR count). The van der Waals surface area contributed by atoms with Crippen molar-refractivity contribution in [1.82, 2.24) is 15.2 Å². The molecule has 2 amide bonds. The Bertz CT molecular complexity index is 949. The summed E-state index contributed by atoms with van der Waals surface area (Å²) in [5, 5.41) is 2.93. The van der Waals surface area contributed by atoms with Gasteiger partial charge in [0, 0.05) is 35.5 Å². The lowest BCUT2D eigenvalue weighted by Crippen LogP contribution is -2.47. The molecule has 1 aromatic carbocycles. The van der Waals surface area contributed by atoms with Crippen molar-refractivity contribution in [2.24, 2.45) is 0 Å². The summed E-state index contributed by atoms with van der Waals surface area (Å²) in [6, 6.07) is 7.97. The Morgan fingerprint density at radius 1 is 1.22 bits per heavy atom. The highest BCUT2D eigenvalue weighted by atomic mass is 32.2. The zero-order valence-corrected chi connectivity index (χ0v) is 19.7. The molecular weight excluding hydrogens is 430 g/mol. The molecule has 1 N–H and O–H groups in total. The Balaban J connectivity index is 1.48. The second-order valence-electron chi connectivity index (χ2n) is 7.83. The van der Waals surface area contributed by atoms with Crippen LogP contribution in [0.1, 0.15) is 43.7 Å². The lowest BCUT2D eigenvalue weighted by Gasteiger charge is -2.31. The molecule has 1 atom stereocenters. The molecule has 0 spiro atoms. The quantitative estimate of drug-likeness (QED) is 0.648. The summed E-state index contributed by atoms with van der Waals surface area (Å²) in [6.07, 6.45) is 1.95. The van der Waals surface area contributed by atoms with E-state index in [-0.39, 0.29) is 29.5 Å². The summed E-state index contributed by atoms with van der Waals surface area (Å²) in [6.45, 7) is 7.08. The van der Waals surface area contributed by atoms with Gasteiger partial charge in [-0.05, 0) is 50.8 Å². The van der Waals surface area contributed by atoms with Crippen LogP contribution in [0, 0.1) is 6.92 Å². The van der Waals surface area contributed by atoms with E-state index in [0.29, 0.717) is 49.9 Å². The number of nitrogens with one attached hydrogen (secondary N) is 1. The van der Waals surface area contributed by atoms with Crippen molar-refractivity contribution >= 4 is 22.8 Å². The maximum atomic E-state index is 12.6. The molecule has 1 fully saturated rings. The number of oxazole rings is 1. The van der Waals surface area contributed by atoms with Gasteiger partial charge in [0.1, 0.15) is 11.5 Å². The number of aromatic nitrogens is 1. The number of benzene rings is 1. The summed E-state index contributed by atoms with van der Waals surface area (Å²) in [5.74, 6) is 0.922. The number of likely N-dealkylation sites (tertiary alicyclic amines) is 1. The fraction of sp³-hybridized carbons (Fsp3) is 0.522. The molecule has 2 heterocycles. The number of ether oxygens (including phenoxy) is 1. The van der Waals surface area contributed by atoms with Crippen molar-refractivity contribution in [1.29, 1.82) is 0 Å². The smallest absolute Gasteiger partial charge is 0.409 e. The van der Waals surface area contributed by atoms with Crippen LogP contribution in [0.25, 0.3) is 11.5 Å². The number of amides is 2. The van der Waals surface area contributed by atoms with E-state index in [0.717, 1.165) is 12.0 Å². The lowest BCUT2D eigenvalue weighted by atomic mass is 10.1. The van der Waals surface area contributed by atoms with Gasteiger partial charge in [0.25, 0.3) is 0 Å². The molecule has 0 unspecified atom stereocenters. The van der Waals surface area contributed by atoms with Crippen molar-refractivity contribution in [3.8, 4) is 11.5 Å². The third-order valence-corrected chi connectivity index (χ3v) is 6.66. The molecule has 2 aromatic rings. The van der Waals surface area contributed by atoms with E-state index in [2.05, 4.69) is 17.2 Å². The molecule has 174 valence electrons. The van der Waals surface area contributed by atoms with Gasteiger partial charge in [0.15, 0.2) is 0 Å². The van der Waals surface area contributed by atoms with E-state index < -0.39 is 10.8 Å². The first-order valence-electron chi connectivity index (χ1n) is 11.0. The van der Waals surface area contributed by atoms with E-state index in [9.17, 15) is 13.8 Å². The monoisotopic (exact) mass is 461 g/mol. The first-order valence-corrected chi connectivity index (χ1v) is 12.5. The van der Waals surface area contributed by atoms with Crippen molar-refractivity contribution in [2.45, 2.75) is 51.8 Å². The highest BCUT2D eigenvalue weighted by molar-refractivity contribution is 7.84. The maximum absolute atomic E-state index is 12.6. The Morgan fingerprint density at radius 2 is 1.91 bits per heavy atom. The van der Waals surface area contributed by atoms with Crippen molar-refractivity contribution in [3.05, 3.63) is 41.3 Å². The summed E-state index contributed by atoms with van der Waals surface area (Å²) >= 11 is 0. The molecule has 0 saturated carbocycles. The van der Waals surface area contributed by atoms with Crippen LogP contribution in [-0.4, -0.2) is 57.6 Å².